The number of carboxylic acids is 1. The molecule has 0 spiro atoms. The molecule has 2 N–H and O–H groups in total. The van der Waals surface area contributed by atoms with Crippen LogP contribution in [0.2, 0.25) is 0 Å². The van der Waals surface area contributed by atoms with Crippen molar-refractivity contribution >= 4 is 5.97 Å². The highest BCUT2D eigenvalue weighted by atomic mass is 16.4. The topological polar surface area (TPSA) is 97.4 Å². The summed E-state index contributed by atoms with van der Waals surface area (Å²) in [5, 5.41) is 18.2. The predicted molar refractivity (Wildman–Crippen MR) is 61.6 cm³/mol. The van der Waals surface area contributed by atoms with Gasteiger partial charge in [0.05, 0.1) is 6.33 Å². The van der Waals surface area contributed by atoms with Crippen LogP contribution < -0.4 is 5.56 Å². The molecule has 0 atom stereocenters. The standard InChI is InChI=1S/C11H11N3O4/c15-8-5-9(11(17)18)14(10(16)6-8)4-3-13-2-1-12-7-13/h1-2,5-7,15H,3-4H2,(H,17,18). The number of carbonyl (C=O) groups is 1. The molecular weight excluding hydrogens is 238 g/mol. The van der Waals surface area contributed by atoms with E-state index in [2.05, 4.69) is 4.98 Å². The Morgan fingerprint density at radius 3 is 2.72 bits per heavy atom. The Morgan fingerprint density at radius 1 is 1.33 bits per heavy atom. The molecular formula is C11H11N3O4. The number of rotatable bonds is 4. The number of hydrogen-bond acceptors (Lipinski definition) is 4. The molecule has 0 bridgehead atoms. The molecule has 2 aromatic heterocycles. The summed E-state index contributed by atoms with van der Waals surface area (Å²) in [6.07, 6.45) is 4.88. The summed E-state index contributed by atoms with van der Waals surface area (Å²) in [5.41, 5.74) is -0.785. The zero-order chi connectivity index (χ0) is 13.1. The molecule has 7 heteroatoms. The van der Waals surface area contributed by atoms with Gasteiger partial charge in [0.2, 0.25) is 0 Å². The molecule has 2 rings (SSSR count). The fourth-order valence-electron chi connectivity index (χ4n) is 1.63. The lowest BCUT2D eigenvalue weighted by Crippen LogP contribution is -2.26. The van der Waals surface area contributed by atoms with Gasteiger partial charge < -0.3 is 19.3 Å². The van der Waals surface area contributed by atoms with Gasteiger partial charge >= 0.3 is 5.97 Å². The minimum Gasteiger partial charge on any atom is -0.508 e. The molecule has 0 saturated heterocycles. The third-order valence-corrected chi connectivity index (χ3v) is 2.47. The Morgan fingerprint density at radius 2 is 2.11 bits per heavy atom. The molecule has 0 aliphatic rings. The van der Waals surface area contributed by atoms with Crippen molar-refractivity contribution in [3.63, 3.8) is 0 Å². The lowest BCUT2D eigenvalue weighted by atomic mass is 10.3. The van der Waals surface area contributed by atoms with E-state index in [1.807, 2.05) is 0 Å². The quantitative estimate of drug-likeness (QED) is 0.803. The van der Waals surface area contributed by atoms with E-state index >= 15 is 0 Å². The van der Waals surface area contributed by atoms with E-state index in [0.717, 1.165) is 16.7 Å². The summed E-state index contributed by atoms with van der Waals surface area (Å²) in [5.74, 6) is -1.61. The van der Waals surface area contributed by atoms with Crippen LogP contribution in [-0.4, -0.2) is 30.3 Å². The molecule has 0 fully saturated rings. The molecule has 0 unspecified atom stereocenters. The molecule has 18 heavy (non-hydrogen) atoms. The van der Waals surface area contributed by atoms with E-state index in [0.29, 0.717) is 6.54 Å². The highest BCUT2D eigenvalue weighted by Gasteiger charge is 2.12. The number of hydrogen-bond donors (Lipinski definition) is 2. The number of aromatic carboxylic acids is 1. The highest BCUT2D eigenvalue weighted by Crippen LogP contribution is 2.08. The first kappa shape index (κ1) is 11.9. The first-order valence-corrected chi connectivity index (χ1v) is 5.21. The van der Waals surface area contributed by atoms with Crippen molar-refractivity contribution in [3.05, 3.63) is 46.9 Å². The van der Waals surface area contributed by atoms with Crippen LogP contribution in [0.1, 0.15) is 10.5 Å². The zero-order valence-electron chi connectivity index (χ0n) is 9.35. The summed E-state index contributed by atoms with van der Waals surface area (Å²) in [4.78, 5) is 26.5. The second-order valence-corrected chi connectivity index (χ2v) is 3.69. The summed E-state index contributed by atoms with van der Waals surface area (Å²) >= 11 is 0. The molecule has 0 saturated carbocycles. The van der Waals surface area contributed by atoms with Crippen LogP contribution in [0.4, 0.5) is 0 Å². The molecule has 0 amide bonds. The van der Waals surface area contributed by atoms with Crippen molar-refractivity contribution in [2.45, 2.75) is 13.1 Å². The van der Waals surface area contributed by atoms with Gasteiger partial charge in [-0.15, -0.1) is 0 Å². The van der Waals surface area contributed by atoms with Gasteiger partial charge in [-0.25, -0.2) is 9.78 Å². The van der Waals surface area contributed by atoms with Gasteiger partial charge in [-0.1, -0.05) is 0 Å². The average Bonchev–Trinajstić information content (AvgIpc) is 2.79. The smallest absolute Gasteiger partial charge is 0.352 e. The van der Waals surface area contributed by atoms with Crippen molar-refractivity contribution in [1.82, 2.24) is 14.1 Å². The number of carboxylic acid groups (broad SMARTS) is 1. The summed E-state index contributed by atoms with van der Waals surface area (Å²) in [6, 6.07) is 2.04. The first-order valence-electron chi connectivity index (χ1n) is 5.21. The number of imidazole rings is 1. The zero-order valence-corrected chi connectivity index (χ0v) is 9.35. The number of nitrogens with zero attached hydrogens (tertiary/aromatic N) is 3. The van der Waals surface area contributed by atoms with Gasteiger partial charge in [-0.3, -0.25) is 4.79 Å². The van der Waals surface area contributed by atoms with E-state index in [-0.39, 0.29) is 18.0 Å². The lowest BCUT2D eigenvalue weighted by molar-refractivity contribution is 0.0682. The van der Waals surface area contributed by atoms with Crippen molar-refractivity contribution in [2.75, 3.05) is 0 Å². The lowest BCUT2D eigenvalue weighted by Gasteiger charge is -2.10. The Bertz CT molecular complexity index is 616. The molecule has 2 aromatic rings. The van der Waals surface area contributed by atoms with Crippen LogP contribution in [0.25, 0.3) is 0 Å². The number of aromatic nitrogens is 3. The summed E-state index contributed by atoms with van der Waals surface area (Å²) < 4.78 is 2.83. The maximum atomic E-state index is 11.6. The summed E-state index contributed by atoms with van der Waals surface area (Å²) in [6.45, 7) is 0.613. The van der Waals surface area contributed by atoms with Gasteiger partial charge in [-0.2, -0.15) is 0 Å². The van der Waals surface area contributed by atoms with Crippen molar-refractivity contribution in [2.24, 2.45) is 0 Å². The van der Waals surface area contributed by atoms with Crippen molar-refractivity contribution in [1.29, 1.82) is 0 Å². The van der Waals surface area contributed by atoms with Crippen LogP contribution in [0, 0.1) is 0 Å². The minimum absolute atomic E-state index is 0.192. The fraction of sp³-hybridized carbons (Fsp3) is 0.182. The van der Waals surface area contributed by atoms with Crippen LogP contribution in [0.5, 0.6) is 5.75 Å². The number of aryl methyl sites for hydroxylation is 1. The van der Waals surface area contributed by atoms with Gasteiger partial charge in [0.15, 0.2) is 0 Å². The minimum atomic E-state index is -1.26. The molecule has 0 aromatic carbocycles. The van der Waals surface area contributed by atoms with E-state index in [9.17, 15) is 14.7 Å². The third-order valence-electron chi connectivity index (χ3n) is 2.47. The average molecular weight is 249 g/mol. The van der Waals surface area contributed by atoms with Crippen molar-refractivity contribution < 1.29 is 15.0 Å². The van der Waals surface area contributed by atoms with Gasteiger partial charge in [0, 0.05) is 37.6 Å². The largest absolute Gasteiger partial charge is 0.508 e. The molecule has 0 aliphatic heterocycles. The monoisotopic (exact) mass is 249 g/mol. The van der Waals surface area contributed by atoms with E-state index in [4.69, 9.17) is 5.11 Å². The molecule has 7 nitrogen and oxygen atoms in total. The second kappa shape index (κ2) is 4.74. The van der Waals surface area contributed by atoms with E-state index in [1.165, 1.54) is 0 Å². The normalized spacial score (nSPS) is 10.4. The Kier molecular flexibility index (Phi) is 3.13. The molecule has 0 radical (unpaired) electrons. The SMILES string of the molecule is O=C(O)c1cc(O)cc(=O)n1CCn1ccnc1. The Hall–Kier alpha value is -2.57. The second-order valence-electron chi connectivity index (χ2n) is 3.69. The number of pyridine rings is 1. The fourth-order valence-corrected chi connectivity index (χ4v) is 1.63. The maximum absolute atomic E-state index is 11.6. The third kappa shape index (κ3) is 2.40. The van der Waals surface area contributed by atoms with Crippen LogP contribution in [-0.2, 0) is 13.1 Å². The van der Waals surface area contributed by atoms with Gasteiger partial charge in [0.25, 0.3) is 5.56 Å². The van der Waals surface area contributed by atoms with Crippen molar-refractivity contribution in [3.8, 4) is 5.75 Å². The maximum Gasteiger partial charge on any atom is 0.352 e. The van der Waals surface area contributed by atoms with Crippen LogP contribution in [0.3, 0.4) is 0 Å². The first-order chi connectivity index (χ1) is 8.58. The molecule has 2 heterocycles. The predicted octanol–water partition coefficient (Wildman–Crippen LogP) is 0.149. The summed E-state index contributed by atoms with van der Waals surface area (Å²) in [7, 11) is 0. The highest BCUT2D eigenvalue weighted by molar-refractivity contribution is 5.86. The molecule has 0 aliphatic carbocycles. The Balaban J connectivity index is 2.31. The number of aromatic hydroxyl groups is 1. The van der Waals surface area contributed by atoms with Crippen LogP contribution >= 0.6 is 0 Å². The molecule has 94 valence electrons. The van der Waals surface area contributed by atoms with Gasteiger partial charge in [-0.05, 0) is 0 Å². The Labute approximate surface area is 102 Å². The van der Waals surface area contributed by atoms with Gasteiger partial charge in [0.1, 0.15) is 11.4 Å². The van der Waals surface area contributed by atoms with E-state index in [1.54, 1.807) is 23.3 Å². The van der Waals surface area contributed by atoms with E-state index < -0.39 is 11.5 Å². The van der Waals surface area contributed by atoms with Crippen LogP contribution in [0.15, 0.2) is 35.6 Å².